The molecule has 1 rings (SSSR count). The lowest BCUT2D eigenvalue weighted by atomic mass is 9.67. The van der Waals surface area contributed by atoms with Gasteiger partial charge in [0, 0.05) is 11.8 Å². The van der Waals surface area contributed by atoms with Crippen LogP contribution in [0.15, 0.2) is 0 Å². The topological polar surface area (TPSA) is 26.3 Å². The molecule has 148 valence electrons. The quantitative estimate of drug-likeness (QED) is 0.497. The van der Waals surface area contributed by atoms with Gasteiger partial charge >= 0.3 is 0 Å². The first-order chi connectivity index (χ1) is 11.2. The largest absolute Gasteiger partial charge is 0.380 e. The molecule has 0 aliphatic heterocycles. The van der Waals surface area contributed by atoms with Crippen molar-refractivity contribution in [3.05, 3.63) is 0 Å². The Morgan fingerprint density at radius 1 is 0.920 bits per heavy atom. The Morgan fingerprint density at radius 2 is 1.44 bits per heavy atom. The van der Waals surface area contributed by atoms with Crippen molar-refractivity contribution in [2.45, 2.75) is 94.4 Å². The smallest absolute Gasteiger partial charge is 0.138 e. The Hall–Kier alpha value is -0.370. The van der Waals surface area contributed by atoms with Crippen LogP contribution in [-0.2, 0) is 9.53 Å². The molecule has 0 aromatic heterocycles. The third-order valence-corrected chi connectivity index (χ3v) is 6.26. The number of ketones is 1. The van der Waals surface area contributed by atoms with Crippen LogP contribution in [0, 0.1) is 34.0 Å². The van der Waals surface area contributed by atoms with Gasteiger partial charge in [0.2, 0.25) is 0 Å². The minimum atomic E-state index is -0.258. The standard InChI is InChI=1S/C23H44O2/c1-17(2)18-10-12-19(13-11-18)23(8,9)16-25-15-22(6,7)14-20(24)21(3,4)5/h17-19H,10-16H2,1-9H3. The van der Waals surface area contributed by atoms with E-state index in [2.05, 4.69) is 41.5 Å². The highest BCUT2D eigenvalue weighted by Gasteiger charge is 2.35. The van der Waals surface area contributed by atoms with E-state index in [1.165, 1.54) is 25.7 Å². The maximum atomic E-state index is 12.3. The summed E-state index contributed by atoms with van der Waals surface area (Å²) in [5, 5.41) is 0. The fourth-order valence-electron chi connectivity index (χ4n) is 4.03. The number of hydrogen-bond acceptors (Lipinski definition) is 2. The lowest BCUT2D eigenvalue weighted by molar-refractivity contribution is -0.129. The van der Waals surface area contributed by atoms with Crippen LogP contribution in [0.1, 0.15) is 94.4 Å². The van der Waals surface area contributed by atoms with Crippen LogP contribution in [-0.4, -0.2) is 19.0 Å². The molecule has 0 saturated heterocycles. The molecule has 0 N–H and O–H groups in total. The minimum Gasteiger partial charge on any atom is -0.380 e. The first kappa shape index (κ1) is 22.7. The summed E-state index contributed by atoms with van der Waals surface area (Å²) in [7, 11) is 0. The fraction of sp³-hybridized carbons (Fsp3) is 0.957. The van der Waals surface area contributed by atoms with Gasteiger partial charge in [0.1, 0.15) is 5.78 Å². The molecule has 0 aromatic rings. The second kappa shape index (κ2) is 8.55. The lowest BCUT2D eigenvalue weighted by Gasteiger charge is -2.40. The summed E-state index contributed by atoms with van der Waals surface area (Å²) in [6.45, 7) is 21.2. The molecule has 0 atom stereocenters. The van der Waals surface area contributed by atoms with Crippen LogP contribution >= 0.6 is 0 Å². The predicted molar refractivity (Wildman–Crippen MR) is 108 cm³/mol. The summed E-state index contributed by atoms with van der Waals surface area (Å²) in [5.74, 6) is 2.82. The Labute approximate surface area is 157 Å². The second-order valence-electron chi connectivity index (χ2n) is 11.4. The molecule has 0 heterocycles. The molecular formula is C23H44O2. The van der Waals surface area contributed by atoms with Crippen molar-refractivity contribution >= 4 is 5.78 Å². The zero-order chi connectivity index (χ0) is 19.5. The van der Waals surface area contributed by atoms with Gasteiger partial charge in [-0.3, -0.25) is 4.79 Å². The molecule has 0 unspecified atom stereocenters. The number of carbonyl (C=O) groups is 1. The first-order valence-corrected chi connectivity index (χ1v) is 10.4. The lowest BCUT2D eigenvalue weighted by Crippen LogP contribution is -2.35. The number of Topliss-reactive ketones (excluding diaryl/α,β-unsaturated/α-hetero) is 1. The van der Waals surface area contributed by atoms with Crippen molar-refractivity contribution in [1.29, 1.82) is 0 Å². The van der Waals surface area contributed by atoms with Crippen molar-refractivity contribution in [3.8, 4) is 0 Å². The van der Waals surface area contributed by atoms with Gasteiger partial charge in [-0.25, -0.2) is 0 Å². The van der Waals surface area contributed by atoms with Gasteiger partial charge in [0.05, 0.1) is 13.2 Å². The zero-order valence-electron chi connectivity index (χ0n) is 18.5. The molecule has 1 fully saturated rings. The Kier molecular flexibility index (Phi) is 7.75. The highest BCUT2D eigenvalue weighted by molar-refractivity contribution is 5.84. The highest BCUT2D eigenvalue weighted by atomic mass is 16.5. The summed E-state index contributed by atoms with van der Waals surface area (Å²) < 4.78 is 6.15. The summed E-state index contributed by atoms with van der Waals surface area (Å²) in [5.41, 5.74) is -0.118. The molecule has 1 saturated carbocycles. The minimum absolute atomic E-state index is 0.0876. The van der Waals surface area contributed by atoms with E-state index in [1.54, 1.807) is 0 Å². The third-order valence-electron chi connectivity index (χ3n) is 6.26. The number of carbonyl (C=O) groups excluding carboxylic acids is 1. The summed E-state index contributed by atoms with van der Waals surface area (Å²) in [6, 6.07) is 0. The molecule has 0 bridgehead atoms. The average Bonchev–Trinajstić information content (AvgIpc) is 2.45. The first-order valence-electron chi connectivity index (χ1n) is 10.4. The van der Waals surface area contributed by atoms with E-state index < -0.39 is 0 Å². The van der Waals surface area contributed by atoms with Crippen molar-refractivity contribution in [3.63, 3.8) is 0 Å². The van der Waals surface area contributed by atoms with Crippen LogP contribution in [0.2, 0.25) is 0 Å². The summed E-state index contributed by atoms with van der Waals surface area (Å²) >= 11 is 0. The Balaban J connectivity index is 2.44. The molecule has 2 nitrogen and oxygen atoms in total. The Morgan fingerprint density at radius 3 is 1.88 bits per heavy atom. The highest BCUT2D eigenvalue weighted by Crippen LogP contribution is 2.42. The van der Waals surface area contributed by atoms with Crippen molar-refractivity contribution in [1.82, 2.24) is 0 Å². The van der Waals surface area contributed by atoms with Crippen molar-refractivity contribution < 1.29 is 9.53 Å². The molecule has 0 radical (unpaired) electrons. The normalized spacial score (nSPS) is 23.1. The van der Waals surface area contributed by atoms with Gasteiger partial charge in [-0.05, 0) is 54.3 Å². The van der Waals surface area contributed by atoms with E-state index in [-0.39, 0.29) is 16.2 Å². The van der Waals surface area contributed by atoms with E-state index in [0.717, 1.165) is 24.4 Å². The van der Waals surface area contributed by atoms with Gasteiger partial charge in [-0.15, -0.1) is 0 Å². The van der Waals surface area contributed by atoms with Gasteiger partial charge in [-0.1, -0.05) is 62.3 Å². The van der Waals surface area contributed by atoms with Crippen LogP contribution in [0.3, 0.4) is 0 Å². The predicted octanol–water partition coefficient (Wildman–Crippen LogP) is 6.52. The van der Waals surface area contributed by atoms with E-state index in [4.69, 9.17) is 4.74 Å². The Bertz CT molecular complexity index is 418. The van der Waals surface area contributed by atoms with E-state index in [9.17, 15) is 4.79 Å². The fourth-order valence-corrected chi connectivity index (χ4v) is 4.03. The van der Waals surface area contributed by atoms with Crippen molar-refractivity contribution in [2.24, 2.45) is 34.0 Å². The molecule has 1 aliphatic rings. The van der Waals surface area contributed by atoms with Gasteiger partial charge in [0.15, 0.2) is 0 Å². The maximum absolute atomic E-state index is 12.3. The van der Waals surface area contributed by atoms with E-state index in [1.807, 2.05) is 20.8 Å². The van der Waals surface area contributed by atoms with Gasteiger partial charge < -0.3 is 4.74 Å². The molecule has 25 heavy (non-hydrogen) atoms. The average molecular weight is 353 g/mol. The van der Waals surface area contributed by atoms with Gasteiger partial charge in [0.25, 0.3) is 0 Å². The molecule has 1 aliphatic carbocycles. The molecule has 0 aromatic carbocycles. The number of ether oxygens (including phenoxy) is 1. The van der Waals surface area contributed by atoms with Crippen LogP contribution in [0.4, 0.5) is 0 Å². The zero-order valence-corrected chi connectivity index (χ0v) is 18.5. The van der Waals surface area contributed by atoms with E-state index >= 15 is 0 Å². The number of hydrogen-bond donors (Lipinski definition) is 0. The number of rotatable bonds is 8. The molecular weight excluding hydrogens is 308 g/mol. The summed E-state index contributed by atoms with van der Waals surface area (Å²) in [6.07, 6.45) is 6.02. The van der Waals surface area contributed by atoms with Crippen LogP contribution in [0.25, 0.3) is 0 Å². The van der Waals surface area contributed by atoms with E-state index in [0.29, 0.717) is 18.8 Å². The summed E-state index contributed by atoms with van der Waals surface area (Å²) in [4.78, 5) is 12.3. The second-order valence-corrected chi connectivity index (χ2v) is 11.4. The van der Waals surface area contributed by atoms with Crippen LogP contribution < -0.4 is 0 Å². The third kappa shape index (κ3) is 7.41. The molecule has 2 heteroatoms. The molecule has 0 spiro atoms. The van der Waals surface area contributed by atoms with Crippen molar-refractivity contribution in [2.75, 3.05) is 13.2 Å². The van der Waals surface area contributed by atoms with Gasteiger partial charge in [-0.2, -0.15) is 0 Å². The monoisotopic (exact) mass is 352 g/mol. The maximum Gasteiger partial charge on any atom is 0.138 e. The SMILES string of the molecule is CC(C)C1CCC(C(C)(C)COCC(C)(C)CC(=O)C(C)(C)C)CC1. The van der Waals surface area contributed by atoms with Crippen LogP contribution in [0.5, 0.6) is 0 Å². The molecule has 0 amide bonds.